The minimum atomic E-state index is -0.285. The van der Waals surface area contributed by atoms with Gasteiger partial charge in [-0.3, -0.25) is 4.68 Å². The van der Waals surface area contributed by atoms with Gasteiger partial charge in [-0.05, 0) is 26.0 Å². The van der Waals surface area contributed by atoms with Crippen LogP contribution in [0.5, 0.6) is 5.75 Å². The summed E-state index contributed by atoms with van der Waals surface area (Å²) < 4.78 is 21.8. The molecule has 1 N–H and O–H groups in total. The number of ether oxygens (including phenoxy) is 1. The molecule has 1 aromatic heterocycles. The van der Waals surface area contributed by atoms with Gasteiger partial charge < -0.3 is 10.1 Å². The van der Waals surface area contributed by atoms with Gasteiger partial charge in [0.25, 0.3) is 0 Å². The summed E-state index contributed by atoms with van der Waals surface area (Å²) in [7, 11) is 1.61. The Morgan fingerprint density at radius 3 is 2.76 bits per heavy atom. The molecule has 114 valence electrons. The van der Waals surface area contributed by atoms with Crippen molar-refractivity contribution in [3.8, 4) is 5.75 Å². The van der Waals surface area contributed by atoms with Crippen molar-refractivity contribution < 1.29 is 9.13 Å². The van der Waals surface area contributed by atoms with Gasteiger partial charge in [0.2, 0.25) is 0 Å². The van der Waals surface area contributed by atoms with E-state index in [0.29, 0.717) is 23.4 Å². The van der Waals surface area contributed by atoms with Gasteiger partial charge in [-0.1, -0.05) is 25.1 Å². The van der Waals surface area contributed by atoms with Crippen molar-refractivity contribution in [3.63, 3.8) is 0 Å². The Hall–Kier alpha value is -1.88. The van der Waals surface area contributed by atoms with Crippen LogP contribution in [0, 0.1) is 12.7 Å². The van der Waals surface area contributed by atoms with E-state index in [1.165, 1.54) is 0 Å². The van der Waals surface area contributed by atoms with Crippen LogP contribution >= 0.6 is 0 Å². The molecule has 0 aliphatic rings. The molecule has 1 unspecified atom stereocenters. The van der Waals surface area contributed by atoms with E-state index in [-0.39, 0.29) is 11.9 Å². The highest BCUT2D eigenvalue weighted by molar-refractivity contribution is 5.38. The van der Waals surface area contributed by atoms with Crippen LogP contribution in [0.2, 0.25) is 0 Å². The van der Waals surface area contributed by atoms with Crippen molar-refractivity contribution in [3.05, 3.63) is 47.0 Å². The highest BCUT2D eigenvalue weighted by Crippen LogP contribution is 2.32. The van der Waals surface area contributed by atoms with Crippen molar-refractivity contribution in [2.75, 3.05) is 13.7 Å². The minimum Gasteiger partial charge on any atom is -0.493 e. The third-order valence-electron chi connectivity index (χ3n) is 3.58. The third kappa shape index (κ3) is 2.93. The molecule has 5 heteroatoms. The van der Waals surface area contributed by atoms with Crippen molar-refractivity contribution in [1.82, 2.24) is 15.1 Å². The monoisotopic (exact) mass is 291 g/mol. The summed E-state index contributed by atoms with van der Waals surface area (Å²) in [4.78, 5) is 0. The van der Waals surface area contributed by atoms with E-state index < -0.39 is 0 Å². The molecule has 1 atom stereocenters. The van der Waals surface area contributed by atoms with Crippen LogP contribution in [-0.2, 0) is 6.54 Å². The molecule has 2 rings (SSSR count). The highest BCUT2D eigenvalue weighted by Gasteiger charge is 2.25. The number of rotatable bonds is 6. The van der Waals surface area contributed by atoms with E-state index in [2.05, 4.69) is 10.4 Å². The molecular formula is C16H22FN3O. The summed E-state index contributed by atoms with van der Waals surface area (Å²) in [6, 6.07) is 5.17. The normalized spacial score (nSPS) is 12.4. The number of nitrogens with one attached hydrogen (secondary N) is 1. The second-order valence-corrected chi connectivity index (χ2v) is 4.88. The van der Waals surface area contributed by atoms with E-state index in [0.717, 1.165) is 12.2 Å². The average Bonchev–Trinajstić information content (AvgIpc) is 2.90. The largest absolute Gasteiger partial charge is 0.493 e. The summed E-state index contributed by atoms with van der Waals surface area (Å²) >= 11 is 0. The Bertz CT molecular complexity index is 588. The first kappa shape index (κ1) is 15.5. The molecule has 0 saturated heterocycles. The highest BCUT2D eigenvalue weighted by atomic mass is 19.1. The van der Waals surface area contributed by atoms with E-state index in [1.807, 2.05) is 30.7 Å². The molecule has 1 aromatic carbocycles. The first-order chi connectivity index (χ1) is 10.1. The molecule has 0 spiro atoms. The van der Waals surface area contributed by atoms with Crippen molar-refractivity contribution in [2.45, 2.75) is 33.4 Å². The molecule has 0 bridgehead atoms. The predicted molar refractivity (Wildman–Crippen MR) is 81.1 cm³/mol. The van der Waals surface area contributed by atoms with Gasteiger partial charge in [0.15, 0.2) is 5.75 Å². The molecule has 2 aromatic rings. The molecule has 0 fully saturated rings. The minimum absolute atomic E-state index is 0.186. The number of methoxy groups -OCH3 is 1. The Balaban J connectivity index is 2.58. The number of hydrogen-bond acceptors (Lipinski definition) is 3. The SMILES string of the molecule is CCNC(c1cccc(C)c1F)c1c(OC)cnn1CC. The van der Waals surface area contributed by atoms with Crippen LogP contribution < -0.4 is 10.1 Å². The van der Waals surface area contributed by atoms with Crippen molar-refractivity contribution in [2.24, 2.45) is 0 Å². The van der Waals surface area contributed by atoms with Crippen LogP contribution in [-0.4, -0.2) is 23.4 Å². The topological polar surface area (TPSA) is 39.1 Å². The number of halogens is 1. The average molecular weight is 291 g/mol. The van der Waals surface area contributed by atoms with Crippen molar-refractivity contribution in [1.29, 1.82) is 0 Å². The molecule has 0 amide bonds. The fourth-order valence-corrected chi connectivity index (χ4v) is 2.53. The molecule has 0 radical (unpaired) electrons. The summed E-state index contributed by atoms with van der Waals surface area (Å²) in [5, 5.41) is 7.65. The summed E-state index contributed by atoms with van der Waals surface area (Å²) in [5.41, 5.74) is 2.11. The predicted octanol–water partition coefficient (Wildman–Crippen LogP) is 3.06. The summed E-state index contributed by atoms with van der Waals surface area (Å²) in [5.74, 6) is 0.484. The smallest absolute Gasteiger partial charge is 0.161 e. The maximum Gasteiger partial charge on any atom is 0.161 e. The molecule has 1 heterocycles. The van der Waals surface area contributed by atoms with Crippen molar-refractivity contribution >= 4 is 0 Å². The van der Waals surface area contributed by atoms with Crippen LogP contribution in [0.3, 0.4) is 0 Å². The molecule has 0 aliphatic heterocycles. The van der Waals surface area contributed by atoms with E-state index in [1.54, 1.807) is 26.3 Å². The molecule has 0 aliphatic carbocycles. The maximum atomic E-state index is 14.5. The first-order valence-corrected chi connectivity index (χ1v) is 7.22. The first-order valence-electron chi connectivity index (χ1n) is 7.22. The molecule has 4 nitrogen and oxygen atoms in total. The standard InChI is InChI=1S/C16H22FN3O/c1-5-18-15(12-9-7-8-11(3)14(12)17)16-13(21-4)10-19-20(16)6-2/h7-10,15,18H,5-6H2,1-4H3. The van der Waals surface area contributed by atoms with Gasteiger partial charge in [0.05, 0.1) is 19.3 Å². The Kier molecular flexibility index (Phi) is 4.96. The number of hydrogen-bond donors (Lipinski definition) is 1. The second-order valence-electron chi connectivity index (χ2n) is 4.88. The van der Waals surface area contributed by atoms with E-state index in [4.69, 9.17) is 4.74 Å². The molecule has 21 heavy (non-hydrogen) atoms. The number of aromatic nitrogens is 2. The quantitative estimate of drug-likeness (QED) is 0.889. The fraction of sp³-hybridized carbons (Fsp3) is 0.438. The number of aryl methyl sites for hydroxylation is 2. The van der Waals surface area contributed by atoms with Crippen LogP contribution in [0.4, 0.5) is 4.39 Å². The lowest BCUT2D eigenvalue weighted by molar-refractivity contribution is 0.398. The molecule has 0 saturated carbocycles. The lowest BCUT2D eigenvalue weighted by Gasteiger charge is -2.22. The van der Waals surface area contributed by atoms with Crippen LogP contribution in [0.15, 0.2) is 24.4 Å². The Labute approximate surface area is 124 Å². The van der Waals surface area contributed by atoms with Gasteiger partial charge in [-0.25, -0.2) is 4.39 Å². The van der Waals surface area contributed by atoms with Crippen LogP contribution in [0.1, 0.15) is 36.7 Å². The lowest BCUT2D eigenvalue weighted by atomic mass is 10.00. The van der Waals surface area contributed by atoms with Gasteiger partial charge in [0, 0.05) is 12.1 Å². The van der Waals surface area contributed by atoms with Gasteiger partial charge in [-0.15, -0.1) is 0 Å². The van der Waals surface area contributed by atoms with E-state index >= 15 is 0 Å². The zero-order chi connectivity index (χ0) is 15.4. The number of benzene rings is 1. The lowest BCUT2D eigenvalue weighted by Crippen LogP contribution is -2.26. The molecular weight excluding hydrogens is 269 g/mol. The van der Waals surface area contributed by atoms with Gasteiger partial charge in [0.1, 0.15) is 11.5 Å². The van der Waals surface area contributed by atoms with Gasteiger partial charge >= 0.3 is 0 Å². The Morgan fingerprint density at radius 2 is 2.14 bits per heavy atom. The zero-order valence-corrected chi connectivity index (χ0v) is 13.0. The van der Waals surface area contributed by atoms with Crippen LogP contribution in [0.25, 0.3) is 0 Å². The maximum absolute atomic E-state index is 14.5. The fourth-order valence-electron chi connectivity index (χ4n) is 2.53. The zero-order valence-electron chi connectivity index (χ0n) is 13.0. The van der Waals surface area contributed by atoms with Gasteiger partial charge in [-0.2, -0.15) is 5.10 Å². The number of nitrogens with zero attached hydrogens (tertiary/aromatic N) is 2. The summed E-state index contributed by atoms with van der Waals surface area (Å²) in [6.07, 6.45) is 1.68. The second kappa shape index (κ2) is 6.72. The van der Waals surface area contributed by atoms with E-state index in [9.17, 15) is 4.39 Å². The Morgan fingerprint density at radius 1 is 1.38 bits per heavy atom. The third-order valence-corrected chi connectivity index (χ3v) is 3.58. The summed E-state index contributed by atoms with van der Waals surface area (Å²) in [6.45, 7) is 7.20.